The summed E-state index contributed by atoms with van der Waals surface area (Å²) in [7, 11) is 1.57. The summed E-state index contributed by atoms with van der Waals surface area (Å²) in [4.78, 5) is 17.7. The molecule has 23 heavy (non-hydrogen) atoms. The summed E-state index contributed by atoms with van der Waals surface area (Å²) in [6.07, 6.45) is 3.89. The molecule has 0 aliphatic rings. The van der Waals surface area contributed by atoms with Crippen LogP contribution in [0.5, 0.6) is 5.75 Å². The van der Waals surface area contributed by atoms with Crippen molar-refractivity contribution >= 4 is 11.4 Å². The molecule has 0 saturated carbocycles. The molecular weight excluding hydrogens is 288 g/mol. The Morgan fingerprint density at radius 3 is 2.48 bits per heavy atom. The van der Waals surface area contributed by atoms with Crippen molar-refractivity contribution in [1.29, 1.82) is 0 Å². The number of ether oxygens (including phenoxy) is 1. The number of carbonyl (C=O) groups is 1. The van der Waals surface area contributed by atoms with Gasteiger partial charge in [0.15, 0.2) is 5.78 Å². The number of fused-ring (bicyclic) bond motifs is 1. The number of hydrogen-bond donors (Lipinski definition) is 0. The topological polar surface area (TPSA) is 43.6 Å². The van der Waals surface area contributed by atoms with Gasteiger partial charge < -0.3 is 9.14 Å². The fraction of sp³-hybridized carbons (Fsp3) is 0.263. The Morgan fingerprint density at radius 2 is 1.78 bits per heavy atom. The van der Waals surface area contributed by atoms with Crippen LogP contribution in [0.25, 0.3) is 5.65 Å². The van der Waals surface area contributed by atoms with E-state index in [4.69, 9.17) is 4.74 Å². The highest BCUT2D eigenvalue weighted by molar-refractivity contribution is 6.14. The smallest absolute Gasteiger partial charge is 0.200 e. The first-order valence-electron chi connectivity index (χ1n) is 7.58. The molecule has 2 aromatic heterocycles. The quantitative estimate of drug-likeness (QED) is 0.690. The van der Waals surface area contributed by atoms with Gasteiger partial charge in [0.05, 0.1) is 23.9 Å². The van der Waals surface area contributed by atoms with Gasteiger partial charge in [-0.2, -0.15) is 0 Å². The number of ketones is 1. The Morgan fingerprint density at radius 1 is 1.09 bits per heavy atom. The maximum atomic E-state index is 13.0. The van der Waals surface area contributed by atoms with Crippen LogP contribution in [0.2, 0.25) is 0 Å². The van der Waals surface area contributed by atoms with Crippen LogP contribution < -0.4 is 4.74 Å². The van der Waals surface area contributed by atoms with Crippen molar-refractivity contribution in [3.63, 3.8) is 0 Å². The molecule has 0 aliphatic carbocycles. The Bertz CT molecular complexity index is 872. The average molecular weight is 308 g/mol. The normalized spacial score (nSPS) is 11.7. The standard InChI is InChI=1S/C19H20N2O2/c1-19(2,3)16-12-21-11-7-9-14(18(21)20-16)17(22)13-8-5-6-10-15(13)23-4/h5-12H,1-4H3. The lowest BCUT2D eigenvalue weighted by molar-refractivity contribution is 0.103. The van der Waals surface area contributed by atoms with E-state index < -0.39 is 0 Å². The molecule has 0 amide bonds. The molecule has 0 spiro atoms. The number of nitrogens with zero attached hydrogens (tertiary/aromatic N) is 2. The van der Waals surface area contributed by atoms with E-state index in [0.29, 0.717) is 22.5 Å². The summed E-state index contributed by atoms with van der Waals surface area (Å²) >= 11 is 0. The Labute approximate surface area is 135 Å². The summed E-state index contributed by atoms with van der Waals surface area (Å²) in [5.41, 5.74) is 2.68. The van der Waals surface area contributed by atoms with Gasteiger partial charge >= 0.3 is 0 Å². The first-order chi connectivity index (χ1) is 10.9. The zero-order valence-electron chi connectivity index (χ0n) is 13.8. The maximum absolute atomic E-state index is 13.0. The fourth-order valence-corrected chi connectivity index (χ4v) is 2.53. The van der Waals surface area contributed by atoms with Crippen molar-refractivity contribution in [2.24, 2.45) is 0 Å². The number of para-hydroxylation sites is 1. The lowest BCUT2D eigenvalue weighted by atomic mass is 9.93. The lowest BCUT2D eigenvalue weighted by Gasteiger charge is -2.13. The van der Waals surface area contributed by atoms with Gasteiger partial charge in [0, 0.05) is 17.8 Å². The van der Waals surface area contributed by atoms with Crippen molar-refractivity contribution in [3.05, 3.63) is 65.6 Å². The molecule has 0 radical (unpaired) electrons. The molecule has 0 fully saturated rings. The van der Waals surface area contributed by atoms with Crippen LogP contribution in [0.1, 0.15) is 42.4 Å². The molecule has 0 atom stereocenters. The summed E-state index contributed by atoms with van der Waals surface area (Å²) < 4.78 is 7.22. The third-order valence-corrected chi connectivity index (χ3v) is 3.85. The highest BCUT2D eigenvalue weighted by Gasteiger charge is 2.22. The van der Waals surface area contributed by atoms with Crippen LogP contribution in [0.3, 0.4) is 0 Å². The SMILES string of the molecule is COc1ccccc1C(=O)c1cccn2cc(C(C)(C)C)nc12. The number of rotatable bonds is 3. The van der Waals surface area contributed by atoms with Gasteiger partial charge in [-0.15, -0.1) is 0 Å². The molecule has 0 N–H and O–H groups in total. The number of pyridine rings is 1. The highest BCUT2D eigenvalue weighted by atomic mass is 16.5. The van der Waals surface area contributed by atoms with Crippen molar-refractivity contribution < 1.29 is 9.53 Å². The van der Waals surface area contributed by atoms with Crippen molar-refractivity contribution in [1.82, 2.24) is 9.38 Å². The molecule has 0 saturated heterocycles. The van der Waals surface area contributed by atoms with E-state index in [-0.39, 0.29) is 11.2 Å². The fourth-order valence-electron chi connectivity index (χ4n) is 2.53. The highest BCUT2D eigenvalue weighted by Crippen LogP contribution is 2.26. The zero-order chi connectivity index (χ0) is 16.6. The second kappa shape index (κ2) is 5.54. The van der Waals surface area contributed by atoms with E-state index in [1.807, 2.05) is 41.1 Å². The Hall–Kier alpha value is -2.62. The number of benzene rings is 1. The van der Waals surface area contributed by atoms with Crippen molar-refractivity contribution in [2.45, 2.75) is 26.2 Å². The molecule has 2 heterocycles. The van der Waals surface area contributed by atoms with Crippen molar-refractivity contribution in [3.8, 4) is 5.75 Å². The number of aromatic nitrogens is 2. The van der Waals surface area contributed by atoms with Crippen LogP contribution >= 0.6 is 0 Å². The van der Waals surface area contributed by atoms with E-state index in [2.05, 4.69) is 25.8 Å². The molecule has 3 rings (SSSR count). The third-order valence-electron chi connectivity index (χ3n) is 3.85. The van der Waals surface area contributed by atoms with E-state index >= 15 is 0 Å². The molecule has 0 bridgehead atoms. The number of carbonyl (C=O) groups excluding carboxylic acids is 1. The third kappa shape index (κ3) is 2.72. The van der Waals surface area contributed by atoms with E-state index in [1.165, 1.54) is 0 Å². The summed E-state index contributed by atoms with van der Waals surface area (Å²) in [5.74, 6) is 0.487. The van der Waals surface area contributed by atoms with Gasteiger partial charge in [-0.3, -0.25) is 4.79 Å². The lowest BCUT2D eigenvalue weighted by Crippen LogP contribution is -2.11. The van der Waals surface area contributed by atoms with E-state index in [9.17, 15) is 4.79 Å². The van der Waals surface area contributed by atoms with E-state index in [0.717, 1.165) is 5.69 Å². The maximum Gasteiger partial charge on any atom is 0.200 e. The predicted octanol–water partition coefficient (Wildman–Crippen LogP) is 3.87. The molecule has 0 unspecified atom stereocenters. The van der Waals surface area contributed by atoms with Crippen LogP contribution in [0.4, 0.5) is 0 Å². The second-order valence-corrected chi connectivity index (χ2v) is 6.56. The monoisotopic (exact) mass is 308 g/mol. The minimum Gasteiger partial charge on any atom is -0.496 e. The first kappa shape index (κ1) is 15.3. The molecule has 4 heteroatoms. The Balaban J connectivity index is 2.16. The number of imidazole rings is 1. The molecule has 118 valence electrons. The molecule has 1 aromatic carbocycles. The Kier molecular flexibility index (Phi) is 3.68. The number of hydrogen-bond acceptors (Lipinski definition) is 3. The molecule has 4 nitrogen and oxygen atoms in total. The summed E-state index contributed by atoms with van der Waals surface area (Å²) in [6.45, 7) is 6.32. The van der Waals surface area contributed by atoms with Gasteiger partial charge in [0.2, 0.25) is 0 Å². The van der Waals surface area contributed by atoms with Gasteiger partial charge in [-0.25, -0.2) is 4.98 Å². The van der Waals surface area contributed by atoms with Crippen molar-refractivity contribution in [2.75, 3.05) is 7.11 Å². The van der Waals surface area contributed by atoms with Crippen LogP contribution in [-0.4, -0.2) is 22.3 Å². The van der Waals surface area contributed by atoms with Crippen LogP contribution in [0.15, 0.2) is 48.8 Å². The second-order valence-electron chi connectivity index (χ2n) is 6.56. The predicted molar refractivity (Wildman–Crippen MR) is 90.3 cm³/mol. The average Bonchev–Trinajstić information content (AvgIpc) is 2.98. The molecule has 3 aromatic rings. The van der Waals surface area contributed by atoms with Crippen LogP contribution in [-0.2, 0) is 5.41 Å². The van der Waals surface area contributed by atoms with E-state index in [1.54, 1.807) is 19.2 Å². The first-order valence-corrected chi connectivity index (χ1v) is 7.58. The van der Waals surface area contributed by atoms with Gasteiger partial charge in [0.1, 0.15) is 11.4 Å². The minimum absolute atomic E-state index is 0.0726. The largest absolute Gasteiger partial charge is 0.496 e. The molecule has 0 aliphatic heterocycles. The molecular formula is C19H20N2O2. The van der Waals surface area contributed by atoms with Crippen LogP contribution in [0, 0.1) is 0 Å². The summed E-state index contributed by atoms with van der Waals surface area (Å²) in [6, 6.07) is 10.9. The van der Waals surface area contributed by atoms with Gasteiger partial charge in [-0.05, 0) is 24.3 Å². The minimum atomic E-state index is -0.0842. The summed E-state index contributed by atoms with van der Waals surface area (Å²) in [5, 5.41) is 0. The van der Waals surface area contributed by atoms with Gasteiger partial charge in [0.25, 0.3) is 0 Å². The zero-order valence-corrected chi connectivity index (χ0v) is 13.8. The van der Waals surface area contributed by atoms with Gasteiger partial charge in [-0.1, -0.05) is 32.9 Å². The number of methoxy groups -OCH3 is 1.